The van der Waals surface area contributed by atoms with Gasteiger partial charge in [0.1, 0.15) is 5.69 Å². The maximum absolute atomic E-state index is 10.7. The van der Waals surface area contributed by atoms with E-state index >= 15 is 0 Å². The SMILES string of the molecule is O=C([OH2+])c1ccc2ccccc2n1.O=Cc1ccc2ccccc2n1.[Cu].[OH3+]. The molecule has 0 aliphatic rings. The van der Waals surface area contributed by atoms with E-state index in [1.165, 1.54) is 0 Å². The topological polar surface area (TPSA) is 116 Å². The number of hydrogen-bond acceptors (Lipinski definition) is 4. The number of nitrogens with zero attached hydrogens (tertiary/aromatic N) is 2. The molecule has 4 rings (SSSR count). The van der Waals surface area contributed by atoms with Crippen LogP contribution in [0.3, 0.4) is 0 Å². The molecule has 0 atom stereocenters. The Labute approximate surface area is 165 Å². The Morgan fingerprint density at radius 3 is 1.85 bits per heavy atom. The normalized spacial score (nSPS) is 9.33. The molecule has 141 valence electrons. The summed E-state index contributed by atoms with van der Waals surface area (Å²) in [6.45, 7) is 0. The number of fused-ring (bicyclic) bond motifs is 2. The molecule has 2 heterocycles. The number of rotatable bonds is 2. The summed E-state index contributed by atoms with van der Waals surface area (Å²) >= 11 is 0. The van der Waals surface area contributed by atoms with Crippen LogP contribution in [-0.2, 0) is 22.5 Å². The van der Waals surface area contributed by atoms with Crippen LogP contribution in [0.15, 0.2) is 72.8 Å². The van der Waals surface area contributed by atoms with Gasteiger partial charge in [0.2, 0.25) is 5.69 Å². The van der Waals surface area contributed by atoms with E-state index in [9.17, 15) is 9.59 Å². The van der Waals surface area contributed by atoms with Gasteiger partial charge in [-0.05, 0) is 24.3 Å². The Bertz CT molecular complexity index is 1070. The van der Waals surface area contributed by atoms with Gasteiger partial charge in [-0.25, -0.2) is 9.97 Å². The maximum atomic E-state index is 10.7. The first-order valence-electron chi connectivity index (χ1n) is 7.60. The van der Waals surface area contributed by atoms with Gasteiger partial charge in [-0.15, -0.1) is 0 Å². The number of para-hydroxylation sites is 2. The molecule has 0 aliphatic carbocycles. The van der Waals surface area contributed by atoms with Crippen molar-refractivity contribution in [2.45, 2.75) is 0 Å². The van der Waals surface area contributed by atoms with Crippen LogP contribution in [0.4, 0.5) is 0 Å². The predicted molar refractivity (Wildman–Crippen MR) is 102 cm³/mol. The number of hydrogen-bond donors (Lipinski definition) is 0. The van der Waals surface area contributed by atoms with Crippen molar-refractivity contribution in [1.29, 1.82) is 0 Å². The van der Waals surface area contributed by atoms with Crippen LogP contribution in [0.25, 0.3) is 21.8 Å². The predicted octanol–water partition coefficient (Wildman–Crippen LogP) is 2.22. The van der Waals surface area contributed by atoms with Gasteiger partial charge in [-0.3, -0.25) is 4.79 Å². The van der Waals surface area contributed by atoms with Crippen LogP contribution >= 0.6 is 0 Å². The fourth-order valence-corrected chi connectivity index (χ4v) is 2.34. The number of carbonyl (C=O) groups excluding carboxylic acids is 2. The minimum atomic E-state index is -0.745. The zero-order chi connectivity index (χ0) is 17.6. The zero-order valence-corrected chi connectivity index (χ0v) is 15.0. The summed E-state index contributed by atoms with van der Waals surface area (Å²) in [4.78, 5) is 29.2. The Balaban J connectivity index is 0.000000252. The van der Waals surface area contributed by atoms with Gasteiger partial charge in [0, 0.05) is 32.6 Å². The summed E-state index contributed by atoms with van der Waals surface area (Å²) in [5.74, 6) is -0.745. The van der Waals surface area contributed by atoms with Crippen molar-refractivity contribution < 1.29 is 37.2 Å². The second-order valence-corrected chi connectivity index (χ2v) is 5.26. The number of benzene rings is 2. The van der Waals surface area contributed by atoms with E-state index in [0.29, 0.717) is 5.69 Å². The molecular formula is C20H18CuN2O4+2. The first-order valence-corrected chi connectivity index (χ1v) is 7.60. The fraction of sp³-hybridized carbons (Fsp3) is 0. The Morgan fingerprint density at radius 2 is 1.30 bits per heavy atom. The Kier molecular flexibility index (Phi) is 8.23. The summed E-state index contributed by atoms with van der Waals surface area (Å²) in [5, 5.41) is 8.93. The number of pyridine rings is 2. The van der Waals surface area contributed by atoms with E-state index in [2.05, 4.69) is 9.97 Å². The third kappa shape index (κ3) is 5.42. The molecule has 0 bridgehead atoms. The minimum absolute atomic E-state index is 0. The monoisotopic (exact) mass is 413 g/mol. The Hall–Kier alpha value is -3.12. The fourth-order valence-electron chi connectivity index (χ4n) is 2.34. The molecule has 2 aromatic heterocycles. The van der Waals surface area contributed by atoms with Crippen molar-refractivity contribution >= 4 is 34.1 Å². The quantitative estimate of drug-likeness (QED) is 0.284. The van der Waals surface area contributed by atoms with Gasteiger partial charge in [0.05, 0.1) is 11.0 Å². The van der Waals surface area contributed by atoms with Crippen molar-refractivity contribution in [1.82, 2.24) is 9.97 Å². The molecule has 4 aromatic rings. The molecule has 7 heteroatoms. The molecule has 0 saturated heterocycles. The molecule has 0 amide bonds. The van der Waals surface area contributed by atoms with Crippen molar-refractivity contribution in [3.8, 4) is 0 Å². The van der Waals surface area contributed by atoms with Crippen molar-refractivity contribution in [2.75, 3.05) is 0 Å². The smallest absolute Gasteiger partial charge is 0.560 e. The van der Waals surface area contributed by atoms with E-state index in [1.54, 1.807) is 18.2 Å². The minimum Gasteiger partial charge on any atom is -0.560 e. The van der Waals surface area contributed by atoms with Crippen LogP contribution in [0.1, 0.15) is 21.0 Å². The van der Waals surface area contributed by atoms with Gasteiger partial charge in [0.15, 0.2) is 6.29 Å². The van der Waals surface area contributed by atoms with Crippen molar-refractivity contribution in [3.63, 3.8) is 0 Å². The first-order chi connectivity index (χ1) is 12.2. The van der Waals surface area contributed by atoms with Gasteiger partial charge in [-0.1, -0.05) is 48.5 Å². The molecule has 1 radical (unpaired) electrons. The van der Waals surface area contributed by atoms with E-state index in [0.717, 1.165) is 28.1 Å². The molecule has 2 aromatic carbocycles. The average molecular weight is 414 g/mol. The van der Waals surface area contributed by atoms with E-state index in [-0.39, 0.29) is 28.2 Å². The van der Waals surface area contributed by atoms with E-state index < -0.39 is 5.97 Å². The second-order valence-electron chi connectivity index (χ2n) is 5.26. The van der Waals surface area contributed by atoms with Gasteiger partial charge in [0.25, 0.3) is 0 Å². The van der Waals surface area contributed by atoms with Crippen LogP contribution < -0.4 is 0 Å². The number of aromatic nitrogens is 2. The Morgan fingerprint density at radius 1 is 0.778 bits per heavy atom. The third-order valence-electron chi connectivity index (χ3n) is 3.57. The third-order valence-corrected chi connectivity index (χ3v) is 3.57. The summed E-state index contributed by atoms with van der Waals surface area (Å²) in [7, 11) is 0. The second kappa shape index (κ2) is 10.1. The molecule has 0 aliphatic heterocycles. The molecule has 6 nitrogen and oxygen atoms in total. The molecular weight excluding hydrogens is 396 g/mol. The van der Waals surface area contributed by atoms with Crippen LogP contribution in [-0.4, -0.2) is 27.3 Å². The maximum Gasteiger partial charge on any atom is 0.567 e. The summed E-state index contributed by atoms with van der Waals surface area (Å²) in [6, 6.07) is 22.2. The number of aldehydes is 1. The standard InChI is InChI=1S/C10H7NO2.C10H7NO.Cu.H2O/c12-10(13)9-6-5-7-3-1-2-4-8(7)11-9;12-7-9-6-5-8-3-1-2-4-10(8)11-9;;/h1-6H,(H,12,13);1-7H;;1H2/p+2. The van der Waals surface area contributed by atoms with Crippen LogP contribution in [0.5, 0.6) is 0 Å². The molecule has 0 unspecified atom stereocenters. The summed E-state index contributed by atoms with van der Waals surface area (Å²) < 4.78 is 0. The number of carbonyl (C=O) groups is 2. The van der Waals surface area contributed by atoms with Gasteiger partial charge >= 0.3 is 5.97 Å². The molecule has 0 saturated carbocycles. The summed E-state index contributed by atoms with van der Waals surface area (Å²) in [5.41, 5.74) is 2.29. The van der Waals surface area contributed by atoms with E-state index in [1.807, 2.05) is 54.6 Å². The molecule has 27 heavy (non-hydrogen) atoms. The van der Waals surface area contributed by atoms with Gasteiger partial charge in [-0.2, -0.15) is 0 Å². The summed E-state index contributed by atoms with van der Waals surface area (Å²) in [6.07, 6.45) is 0.756. The van der Waals surface area contributed by atoms with Crippen LogP contribution in [0, 0.1) is 0 Å². The first kappa shape index (κ1) is 21.9. The largest absolute Gasteiger partial charge is 0.567 e. The average Bonchev–Trinajstić information content (AvgIpc) is 2.67. The molecule has 0 spiro atoms. The van der Waals surface area contributed by atoms with Crippen molar-refractivity contribution in [3.05, 3.63) is 84.2 Å². The zero-order valence-electron chi connectivity index (χ0n) is 14.1. The molecule has 0 fully saturated rings. The van der Waals surface area contributed by atoms with Crippen molar-refractivity contribution in [2.24, 2.45) is 0 Å². The molecule has 5 N–H and O–H groups in total. The van der Waals surface area contributed by atoms with Crippen LogP contribution in [0.2, 0.25) is 0 Å². The van der Waals surface area contributed by atoms with E-state index in [4.69, 9.17) is 5.11 Å². The van der Waals surface area contributed by atoms with Gasteiger partial charge < -0.3 is 10.6 Å².